The minimum Gasteiger partial charge on any atom is -0.393 e. The largest absolute Gasteiger partial charge is 0.393 e. The Morgan fingerprint density at radius 3 is 2.63 bits per heavy atom. The van der Waals surface area contributed by atoms with Crippen LogP contribution in [0.2, 0.25) is 0 Å². The Balaban J connectivity index is 1.59. The van der Waals surface area contributed by atoms with E-state index in [0.717, 1.165) is 81.1 Å². The number of aliphatic hydroxyl groups excluding tert-OH is 1. The van der Waals surface area contributed by atoms with Gasteiger partial charge in [-0.15, -0.1) is 0 Å². The van der Waals surface area contributed by atoms with Crippen LogP contribution in [0.1, 0.15) is 58.3 Å². The number of hydrogen-bond donors (Lipinski definition) is 3. The highest BCUT2D eigenvalue weighted by Gasteiger charge is 2.22. The predicted octanol–water partition coefficient (Wildman–Crippen LogP) is 3.46. The summed E-state index contributed by atoms with van der Waals surface area (Å²) >= 11 is 0. The van der Waals surface area contributed by atoms with Crippen molar-refractivity contribution in [2.45, 2.75) is 70.4 Å². The molecule has 3 N–H and O–H groups in total. The van der Waals surface area contributed by atoms with E-state index in [0.29, 0.717) is 12.0 Å². The lowest BCUT2D eigenvalue weighted by atomic mass is 9.93. The average molecular weight is 412 g/mol. The molecule has 0 aromatic carbocycles. The zero-order valence-electron chi connectivity index (χ0n) is 17.8. The highest BCUT2D eigenvalue weighted by molar-refractivity contribution is 5.73. The molecule has 0 spiro atoms. The molecule has 2 aliphatic rings. The molecule has 1 aliphatic carbocycles. The van der Waals surface area contributed by atoms with Gasteiger partial charge in [-0.25, -0.2) is 9.97 Å². The molecule has 8 nitrogen and oxygen atoms in total. The van der Waals surface area contributed by atoms with E-state index in [1.807, 2.05) is 12.4 Å². The van der Waals surface area contributed by atoms with Crippen molar-refractivity contribution < 1.29 is 5.11 Å². The van der Waals surface area contributed by atoms with E-state index in [1.165, 1.54) is 12.8 Å². The SMILES string of the molecule is CCCCNc1ncc(-c2cncc(N3CCCC3)n2)c(NC2CCC(O)CC2)n1. The van der Waals surface area contributed by atoms with Gasteiger partial charge in [0.05, 0.1) is 29.8 Å². The third kappa shape index (κ3) is 5.16. The topological polar surface area (TPSA) is 99.1 Å². The Morgan fingerprint density at radius 1 is 1.07 bits per heavy atom. The van der Waals surface area contributed by atoms with Gasteiger partial charge in [0.1, 0.15) is 11.6 Å². The third-order valence-corrected chi connectivity index (χ3v) is 5.97. The average Bonchev–Trinajstić information content (AvgIpc) is 3.31. The van der Waals surface area contributed by atoms with Gasteiger partial charge in [-0.1, -0.05) is 13.3 Å². The lowest BCUT2D eigenvalue weighted by Crippen LogP contribution is -2.29. The number of aliphatic hydroxyl groups is 1. The summed E-state index contributed by atoms with van der Waals surface area (Å²) in [4.78, 5) is 20.9. The van der Waals surface area contributed by atoms with Gasteiger partial charge in [-0.3, -0.25) is 4.98 Å². The lowest BCUT2D eigenvalue weighted by molar-refractivity contribution is 0.126. The van der Waals surface area contributed by atoms with Gasteiger partial charge in [-0.05, 0) is 44.9 Å². The first kappa shape index (κ1) is 20.8. The maximum absolute atomic E-state index is 9.84. The summed E-state index contributed by atoms with van der Waals surface area (Å²) in [7, 11) is 0. The minimum absolute atomic E-state index is 0.179. The first-order chi connectivity index (χ1) is 14.7. The quantitative estimate of drug-likeness (QED) is 0.568. The summed E-state index contributed by atoms with van der Waals surface area (Å²) in [5.41, 5.74) is 1.66. The zero-order valence-corrected chi connectivity index (χ0v) is 17.8. The normalized spacial score (nSPS) is 21.6. The summed E-state index contributed by atoms with van der Waals surface area (Å²) in [6, 6.07) is 0.292. The van der Waals surface area contributed by atoms with E-state index >= 15 is 0 Å². The molecule has 0 atom stereocenters. The molecule has 3 heterocycles. The van der Waals surface area contributed by atoms with Crippen LogP contribution < -0.4 is 15.5 Å². The molecule has 1 aliphatic heterocycles. The van der Waals surface area contributed by atoms with Crippen LogP contribution in [0.5, 0.6) is 0 Å². The monoisotopic (exact) mass is 411 g/mol. The first-order valence-corrected chi connectivity index (χ1v) is 11.4. The molecule has 0 bridgehead atoms. The molecule has 8 heteroatoms. The number of nitrogens with zero attached hydrogens (tertiary/aromatic N) is 5. The van der Waals surface area contributed by atoms with Crippen molar-refractivity contribution in [2.24, 2.45) is 0 Å². The Labute approximate surface area is 178 Å². The molecule has 0 radical (unpaired) electrons. The summed E-state index contributed by atoms with van der Waals surface area (Å²) in [6.45, 7) is 5.09. The van der Waals surface area contributed by atoms with Gasteiger partial charge in [0.15, 0.2) is 0 Å². The summed E-state index contributed by atoms with van der Waals surface area (Å²) in [5.74, 6) is 2.34. The van der Waals surface area contributed by atoms with Crippen LogP contribution in [0, 0.1) is 0 Å². The van der Waals surface area contributed by atoms with Gasteiger partial charge in [0, 0.05) is 31.9 Å². The van der Waals surface area contributed by atoms with Crippen LogP contribution in [0.3, 0.4) is 0 Å². The second kappa shape index (κ2) is 10.0. The predicted molar refractivity (Wildman–Crippen MR) is 120 cm³/mol. The number of rotatable bonds is 8. The fourth-order valence-electron chi connectivity index (χ4n) is 4.14. The molecule has 4 rings (SSSR count). The Morgan fingerprint density at radius 2 is 1.87 bits per heavy atom. The van der Waals surface area contributed by atoms with Crippen molar-refractivity contribution in [1.29, 1.82) is 0 Å². The highest BCUT2D eigenvalue weighted by Crippen LogP contribution is 2.30. The molecular weight excluding hydrogens is 378 g/mol. The Bertz CT molecular complexity index is 817. The van der Waals surface area contributed by atoms with Crippen molar-refractivity contribution in [3.8, 4) is 11.3 Å². The molecule has 1 saturated heterocycles. The zero-order chi connectivity index (χ0) is 20.8. The van der Waals surface area contributed by atoms with E-state index in [-0.39, 0.29) is 6.10 Å². The minimum atomic E-state index is -0.179. The van der Waals surface area contributed by atoms with Crippen LogP contribution in [0.15, 0.2) is 18.6 Å². The van der Waals surface area contributed by atoms with Gasteiger partial charge in [0.2, 0.25) is 5.95 Å². The van der Waals surface area contributed by atoms with Crippen LogP contribution in [-0.4, -0.2) is 56.8 Å². The number of aromatic nitrogens is 4. The Kier molecular flexibility index (Phi) is 6.94. The maximum Gasteiger partial charge on any atom is 0.224 e. The van der Waals surface area contributed by atoms with Crippen LogP contribution in [0.25, 0.3) is 11.3 Å². The van der Waals surface area contributed by atoms with Crippen molar-refractivity contribution in [3.63, 3.8) is 0 Å². The summed E-state index contributed by atoms with van der Waals surface area (Å²) in [5, 5.41) is 16.8. The second-order valence-electron chi connectivity index (χ2n) is 8.34. The van der Waals surface area contributed by atoms with Crippen LogP contribution >= 0.6 is 0 Å². The van der Waals surface area contributed by atoms with Crippen molar-refractivity contribution in [2.75, 3.05) is 35.2 Å². The molecule has 2 aromatic heterocycles. The third-order valence-electron chi connectivity index (χ3n) is 5.97. The molecule has 0 amide bonds. The van der Waals surface area contributed by atoms with E-state index in [9.17, 15) is 5.11 Å². The first-order valence-electron chi connectivity index (χ1n) is 11.4. The molecular formula is C22H33N7O. The fourth-order valence-corrected chi connectivity index (χ4v) is 4.14. The Hall–Kier alpha value is -2.48. The fraction of sp³-hybridized carbons (Fsp3) is 0.636. The molecule has 2 fully saturated rings. The van der Waals surface area contributed by atoms with E-state index < -0.39 is 0 Å². The standard InChI is InChI=1S/C22H33N7O/c1-2-3-10-24-22-25-13-18(21(28-22)26-16-6-8-17(30)9-7-16)19-14-23-15-20(27-19)29-11-4-5-12-29/h13-17,30H,2-12H2,1H3,(H2,24,25,26,28). The van der Waals surface area contributed by atoms with Crippen molar-refractivity contribution in [3.05, 3.63) is 18.6 Å². The van der Waals surface area contributed by atoms with Crippen LogP contribution in [-0.2, 0) is 0 Å². The van der Waals surface area contributed by atoms with Gasteiger partial charge in [0.25, 0.3) is 0 Å². The molecule has 1 saturated carbocycles. The highest BCUT2D eigenvalue weighted by atomic mass is 16.3. The summed E-state index contributed by atoms with van der Waals surface area (Å²) in [6.07, 6.45) is 13.4. The van der Waals surface area contributed by atoms with E-state index in [4.69, 9.17) is 9.97 Å². The second-order valence-corrected chi connectivity index (χ2v) is 8.34. The van der Waals surface area contributed by atoms with Crippen LogP contribution in [0.4, 0.5) is 17.6 Å². The van der Waals surface area contributed by atoms with Gasteiger partial charge < -0.3 is 20.6 Å². The number of anilines is 3. The van der Waals surface area contributed by atoms with Gasteiger partial charge in [-0.2, -0.15) is 4.98 Å². The maximum atomic E-state index is 9.84. The van der Waals surface area contributed by atoms with Crippen molar-refractivity contribution in [1.82, 2.24) is 19.9 Å². The number of nitrogens with one attached hydrogen (secondary N) is 2. The lowest BCUT2D eigenvalue weighted by Gasteiger charge is -2.27. The van der Waals surface area contributed by atoms with E-state index in [2.05, 4.69) is 32.4 Å². The smallest absolute Gasteiger partial charge is 0.224 e. The van der Waals surface area contributed by atoms with E-state index in [1.54, 1.807) is 6.20 Å². The molecule has 30 heavy (non-hydrogen) atoms. The van der Waals surface area contributed by atoms with Gasteiger partial charge >= 0.3 is 0 Å². The van der Waals surface area contributed by atoms with Crippen molar-refractivity contribution >= 4 is 17.6 Å². The number of unbranched alkanes of at least 4 members (excludes halogenated alkanes) is 1. The summed E-state index contributed by atoms with van der Waals surface area (Å²) < 4.78 is 0. The molecule has 162 valence electrons. The number of hydrogen-bond acceptors (Lipinski definition) is 8. The molecule has 2 aromatic rings. The molecule has 0 unspecified atom stereocenters.